The Hall–Kier alpha value is -1.59. The van der Waals surface area contributed by atoms with Gasteiger partial charge in [-0.2, -0.15) is 0 Å². The lowest BCUT2D eigenvalue weighted by molar-refractivity contribution is -0.114. The van der Waals surface area contributed by atoms with Crippen LogP contribution in [0.2, 0.25) is 0 Å². The Balaban J connectivity index is 1.81. The molecule has 1 fully saturated rings. The van der Waals surface area contributed by atoms with Crippen LogP contribution in [0.1, 0.15) is 52.9 Å². The number of ether oxygens (including phenoxy) is 1. The molecule has 1 unspecified atom stereocenters. The van der Waals surface area contributed by atoms with Crippen molar-refractivity contribution >= 4 is 11.6 Å². The smallest absolute Gasteiger partial charge is 0.221 e. The summed E-state index contributed by atoms with van der Waals surface area (Å²) >= 11 is 0. The van der Waals surface area contributed by atoms with Crippen molar-refractivity contribution in [2.45, 2.75) is 71.1 Å². The third-order valence-corrected chi connectivity index (χ3v) is 4.75. The van der Waals surface area contributed by atoms with Crippen LogP contribution < -0.4 is 10.1 Å². The van der Waals surface area contributed by atoms with E-state index >= 15 is 0 Å². The van der Waals surface area contributed by atoms with Crippen molar-refractivity contribution in [3.05, 3.63) is 24.3 Å². The van der Waals surface area contributed by atoms with Crippen molar-refractivity contribution in [2.75, 3.05) is 18.5 Å². The summed E-state index contributed by atoms with van der Waals surface area (Å²) in [6.07, 6.45) is 5.87. The van der Waals surface area contributed by atoms with E-state index in [2.05, 4.69) is 24.1 Å². The summed E-state index contributed by atoms with van der Waals surface area (Å²) < 4.78 is 5.71. The maximum atomic E-state index is 11.0. The van der Waals surface area contributed by atoms with Gasteiger partial charge < -0.3 is 15.2 Å². The summed E-state index contributed by atoms with van der Waals surface area (Å²) in [7, 11) is 0. The molecule has 140 valence electrons. The third kappa shape index (κ3) is 6.67. The van der Waals surface area contributed by atoms with Gasteiger partial charge in [0.25, 0.3) is 0 Å². The summed E-state index contributed by atoms with van der Waals surface area (Å²) in [5.74, 6) is 0.600. The molecule has 5 heteroatoms. The van der Waals surface area contributed by atoms with Crippen LogP contribution in [0.4, 0.5) is 5.69 Å². The van der Waals surface area contributed by atoms with Crippen molar-refractivity contribution in [3.8, 4) is 5.75 Å². The first-order valence-electron chi connectivity index (χ1n) is 9.40. The van der Waals surface area contributed by atoms with Crippen molar-refractivity contribution < 1.29 is 14.6 Å². The topological polar surface area (TPSA) is 61.8 Å². The van der Waals surface area contributed by atoms with Crippen LogP contribution in [-0.2, 0) is 4.79 Å². The average molecular weight is 348 g/mol. The molecule has 0 bridgehead atoms. The second-order valence-electron chi connectivity index (χ2n) is 7.25. The van der Waals surface area contributed by atoms with Gasteiger partial charge in [-0.15, -0.1) is 0 Å². The number of hydrogen-bond donors (Lipinski definition) is 2. The number of carbonyl (C=O) groups is 1. The molecule has 2 rings (SSSR count). The summed E-state index contributed by atoms with van der Waals surface area (Å²) in [6.45, 7) is 6.79. The first-order chi connectivity index (χ1) is 12.0. The van der Waals surface area contributed by atoms with Crippen molar-refractivity contribution in [1.82, 2.24) is 4.90 Å². The summed E-state index contributed by atoms with van der Waals surface area (Å²) in [4.78, 5) is 13.4. The number of amides is 1. The van der Waals surface area contributed by atoms with Gasteiger partial charge in [0.2, 0.25) is 5.91 Å². The minimum absolute atomic E-state index is 0.0967. The van der Waals surface area contributed by atoms with Crippen molar-refractivity contribution in [2.24, 2.45) is 0 Å². The van der Waals surface area contributed by atoms with Gasteiger partial charge in [0.1, 0.15) is 18.5 Å². The molecular formula is C20H32N2O3. The molecular weight excluding hydrogens is 316 g/mol. The van der Waals surface area contributed by atoms with E-state index in [0.29, 0.717) is 24.4 Å². The number of anilines is 1. The Morgan fingerprint density at radius 1 is 1.24 bits per heavy atom. The highest BCUT2D eigenvalue weighted by Gasteiger charge is 2.25. The van der Waals surface area contributed by atoms with Crippen LogP contribution in [0.25, 0.3) is 0 Å². The number of carbonyl (C=O) groups excluding carboxylic acids is 1. The fraction of sp³-hybridized carbons (Fsp3) is 0.650. The molecule has 0 aliphatic heterocycles. The van der Waals surface area contributed by atoms with E-state index in [1.807, 2.05) is 0 Å². The lowest BCUT2D eigenvalue weighted by Gasteiger charge is -2.38. The van der Waals surface area contributed by atoms with Gasteiger partial charge in [0.05, 0.1) is 0 Å². The number of rotatable bonds is 8. The minimum atomic E-state index is -0.514. The fourth-order valence-corrected chi connectivity index (χ4v) is 3.52. The van der Waals surface area contributed by atoms with E-state index in [4.69, 9.17) is 4.74 Å². The molecule has 1 atom stereocenters. The zero-order chi connectivity index (χ0) is 18.2. The van der Waals surface area contributed by atoms with Gasteiger partial charge in [-0.1, -0.05) is 19.3 Å². The lowest BCUT2D eigenvalue weighted by atomic mass is 9.93. The monoisotopic (exact) mass is 348 g/mol. The molecule has 0 spiro atoms. The average Bonchev–Trinajstić information content (AvgIpc) is 2.59. The van der Waals surface area contributed by atoms with Crippen LogP contribution in [0, 0.1) is 0 Å². The van der Waals surface area contributed by atoms with Crippen molar-refractivity contribution in [3.63, 3.8) is 0 Å². The van der Waals surface area contributed by atoms with E-state index in [1.165, 1.54) is 39.0 Å². The number of nitrogens with one attached hydrogen (secondary N) is 1. The number of hydrogen-bond acceptors (Lipinski definition) is 4. The van der Waals surface area contributed by atoms with E-state index < -0.39 is 6.10 Å². The zero-order valence-electron chi connectivity index (χ0n) is 15.7. The van der Waals surface area contributed by atoms with Gasteiger partial charge >= 0.3 is 0 Å². The number of aliphatic hydroxyl groups is 1. The Kier molecular flexibility index (Phi) is 7.72. The molecule has 0 radical (unpaired) electrons. The first kappa shape index (κ1) is 19.7. The Morgan fingerprint density at radius 3 is 2.44 bits per heavy atom. The molecule has 25 heavy (non-hydrogen) atoms. The molecule has 0 aromatic heterocycles. The minimum Gasteiger partial charge on any atom is -0.491 e. The SMILES string of the molecule is CC(=O)Nc1ccc(OCC(O)CN(C(C)C)C2CCCCC2)cc1. The largest absolute Gasteiger partial charge is 0.491 e. The molecule has 0 saturated heterocycles. The van der Waals surface area contributed by atoms with Gasteiger partial charge in [0.15, 0.2) is 0 Å². The number of benzene rings is 1. The summed E-state index contributed by atoms with van der Waals surface area (Å²) in [5.41, 5.74) is 0.740. The van der Waals surface area contributed by atoms with E-state index in [1.54, 1.807) is 24.3 Å². The Bertz CT molecular complexity index is 524. The van der Waals surface area contributed by atoms with Crippen LogP contribution >= 0.6 is 0 Å². The summed E-state index contributed by atoms with van der Waals surface area (Å²) in [5, 5.41) is 13.1. The van der Waals surface area contributed by atoms with Crippen LogP contribution in [-0.4, -0.2) is 47.3 Å². The quantitative estimate of drug-likeness (QED) is 0.755. The fourth-order valence-electron chi connectivity index (χ4n) is 3.52. The maximum Gasteiger partial charge on any atom is 0.221 e. The van der Waals surface area contributed by atoms with Crippen LogP contribution in [0.3, 0.4) is 0 Å². The Labute approximate surface area is 151 Å². The zero-order valence-corrected chi connectivity index (χ0v) is 15.7. The predicted octanol–water partition coefficient (Wildman–Crippen LogP) is 3.43. The first-order valence-corrected chi connectivity index (χ1v) is 9.40. The highest BCUT2D eigenvalue weighted by Crippen LogP contribution is 2.24. The summed E-state index contributed by atoms with van der Waals surface area (Å²) in [6, 6.07) is 8.21. The van der Waals surface area contributed by atoms with Gasteiger partial charge in [0, 0.05) is 31.2 Å². The predicted molar refractivity (Wildman–Crippen MR) is 101 cm³/mol. The molecule has 5 nitrogen and oxygen atoms in total. The second kappa shape index (κ2) is 9.78. The lowest BCUT2D eigenvalue weighted by Crippen LogP contribution is -2.46. The standard InChI is InChI=1S/C20H32N2O3/c1-15(2)22(18-7-5-4-6-8-18)13-19(24)14-25-20-11-9-17(10-12-20)21-16(3)23/h9-12,15,18-19,24H,4-8,13-14H2,1-3H3,(H,21,23). The molecule has 0 heterocycles. The van der Waals surface area contributed by atoms with Gasteiger partial charge in [-0.05, 0) is 51.0 Å². The van der Waals surface area contributed by atoms with Gasteiger partial charge in [-0.25, -0.2) is 0 Å². The second-order valence-corrected chi connectivity index (χ2v) is 7.25. The Morgan fingerprint density at radius 2 is 1.88 bits per heavy atom. The van der Waals surface area contributed by atoms with E-state index in [-0.39, 0.29) is 12.5 Å². The van der Waals surface area contributed by atoms with E-state index in [9.17, 15) is 9.90 Å². The molecule has 1 amide bonds. The molecule has 1 aromatic rings. The molecule has 1 aliphatic rings. The van der Waals surface area contributed by atoms with Gasteiger partial charge in [-0.3, -0.25) is 9.69 Å². The van der Waals surface area contributed by atoms with E-state index in [0.717, 1.165) is 5.69 Å². The highest BCUT2D eigenvalue weighted by atomic mass is 16.5. The highest BCUT2D eigenvalue weighted by molar-refractivity contribution is 5.88. The normalized spacial score (nSPS) is 16.9. The molecule has 2 N–H and O–H groups in total. The molecule has 1 aliphatic carbocycles. The molecule has 1 saturated carbocycles. The third-order valence-electron chi connectivity index (χ3n) is 4.75. The maximum absolute atomic E-state index is 11.0. The van der Waals surface area contributed by atoms with Crippen LogP contribution in [0.5, 0.6) is 5.75 Å². The molecule has 1 aromatic carbocycles. The number of aliphatic hydroxyl groups excluding tert-OH is 1. The van der Waals surface area contributed by atoms with Crippen molar-refractivity contribution in [1.29, 1.82) is 0 Å². The van der Waals surface area contributed by atoms with Crippen LogP contribution in [0.15, 0.2) is 24.3 Å². The number of nitrogens with zero attached hydrogens (tertiary/aromatic N) is 1.